The van der Waals surface area contributed by atoms with E-state index in [1.54, 1.807) is 44.2 Å². The third-order valence-electron chi connectivity index (χ3n) is 5.63. The molecule has 0 aromatic heterocycles. The molecule has 1 unspecified atom stereocenters. The first-order valence-corrected chi connectivity index (χ1v) is 14.1. The number of hydrogen-bond acceptors (Lipinski definition) is 4. The normalized spacial score (nSPS) is 12.3. The van der Waals surface area contributed by atoms with Crippen LogP contribution in [0.5, 0.6) is 0 Å². The first kappa shape index (κ1) is 28.9. The minimum absolute atomic E-state index is 0.0299. The standard InChI is InChI=1S/C25H33Cl2N3O4S/c1-6-22(25(32)28-7-2)29(15-19-20(26)12-10-13-21(19)27)24(31)16-30(35(5,33)34)23-14-9-8-11-18(23)17(3)4/h8-14,17,22H,6-7,15-16H2,1-5H3,(H,28,32). The van der Waals surface area contributed by atoms with Crippen molar-refractivity contribution in [2.75, 3.05) is 23.7 Å². The number of amides is 2. The van der Waals surface area contributed by atoms with Gasteiger partial charge in [-0.2, -0.15) is 0 Å². The molecular weight excluding hydrogens is 509 g/mol. The lowest BCUT2D eigenvalue weighted by atomic mass is 10.0. The van der Waals surface area contributed by atoms with Gasteiger partial charge in [0.25, 0.3) is 0 Å². The fourth-order valence-electron chi connectivity index (χ4n) is 3.86. The van der Waals surface area contributed by atoms with Crippen LogP contribution >= 0.6 is 23.2 Å². The van der Waals surface area contributed by atoms with Crippen molar-refractivity contribution in [3.63, 3.8) is 0 Å². The van der Waals surface area contributed by atoms with Gasteiger partial charge in [0, 0.05) is 28.7 Å². The van der Waals surface area contributed by atoms with Crippen LogP contribution in [0, 0.1) is 0 Å². The van der Waals surface area contributed by atoms with Crippen molar-refractivity contribution in [2.24, 2.45) is 0 Å². The molecule has 35 heavy (non-hydrogen) atoms. The van der Waals surface area contributed by atoms with Gasteiger partial charge in [0.2, 0.25) is 21.8 Å². The van der Waals surface area contributed by atoms with Gasteiger partial charge in [0.05, 0.1) is 11.9 Å². The number of para-hydroxylation sites is 1. The van der Waals surface area contributed by atoms with Gasteiger partial charge in [-0.1, -0.05) is 68.2 Å². The smallest absolute Gasteiger partial charge is 0.244 e. The number of benzene rings is 2. The Hall–Kier alpha value is -2.29. The SMILES string of the molecule is CCNC(=O)C(CC)N(Cc1c(Cl)cccc1Cl)C(=O)CN(c1ccccc1C(C)C)S(C)(=O)=O. The van der Waals surface area contributed by atoms with E-state index in [4.69, 9.17) is 23.2 Å². The molecule has 2 aromatic rings. The highest BCUT2D eigenvalue weighted by atomic mass is 35.5. The van der Waals surface area contributed by atoms with Crippen LogP contribution in [0.3, 0.4) is 0 Å². The fraction of sp³-hybridized carbons (Fsp3) is 0.440. The number of carbonyl (C=O) groups is 2. The molecule has 1 atom stereocenters. The predicted octanol–water partition coefficient (Wildman–Crippen LogP) is 4.83. The van der Waals surface area contributed by atoms with Gasteiger partial charge in [-0.15, -0.1) is 0 Å². The molecule has 2 rings (SSSR count). The van der Waals surface area contributed by atoms with Gasteiger partial charge in [0.1, 0.15) is 12.6 Å². The van der Waals surface area contributed by atoms with E-state index in [1.165, 1.54) is 4.90 Å². The molecule has 7 nitrogen and oxygen atoms in total. The van der Waals surface area contributed by atoms with Crippen molar-refractivity contribution < 1.29 is 18.0 Å². The van der Waals surface area contributed by atoms with Gasteiger partial charge in [-0.3, -0.25) is 13.9 Å². The van der Waals surface area contributed by atoms with E-state index in [0.29, 0.717) is 34.3 Å². The lowest BCUT2D eigenvalue weighted by Gasteiger charge is -2.33. The molecule has 0 radical (unpaired) electrons. The summed E-state index contributed by atoms with van der Waals surface area (Å²) in [6.45, 7) is 7.36. The Morgan fingerprint density at radius 2 is 1.60 bits per heavy atom. The van der Waals surface area contributed by atoms with Crippen LogP contribution in [0.1, 0.15) is 51.2 Å². The minimum atomic E-state index is -3.82. The molecule has 192 valence electrons. The molecular formula is C25H33Cl2N3O4S. The van der Waals surface area contributed by atoms with E-state index in [0.717, 1.165) is 16.1 Å². The second-order valence-corrected chi connectivity index (χ2v) is 11.2. The Bertz CT molecular complexity index is 1130. The first-order valence-electron chi connectivity index (χ1n) is 11.5. The van der Waals surface area contributed by atoms with Crippen molar-refractivity contribution in [3.05, 3.63) is 63.6 Å². The average Bonchev–Trinajstić information content (AvgIpc) is 2.78. The number of nitrogens with one attached hydrogen (secondary N) is 1. The Morgan fingerprint density at radius 3 is 2.11 bits per heavy atom. The number of likely N-dealkylation sites (N-methyl/N-ethyl adjacent to an activating group) is 1. The van der Waals surface area contributed by atoms with Crippen molar-refractivity contribution in [1.82, 2.24) is 10.2 Å². The number of anilines is 1. The van der Waals surface area contributed by atoms with Crippen LogP contribution in [0.25, 0.3) is 0 Å². The van der Waals surface area contributed by atoms with E-state index < -0.39 is 28.5 Å². The summed E-state index contributed by atoms with van der Waals surface area (Å²) in [5.74, 6) is -0.842. The van der Waals surface area contributed by atoms with Crippen LogP contribution in [0.4, 0.5) is 5.69 Å². The van der Waals surface area contributed by atoms with E-state index >= 15 is 0 Å². The molecule has 0 spiro atoms. The lowest BCUT2D eigenvalue weighted by molar-refractivity contribution is -0.140. The zero-order valence-electron chi connectivity index (χ0n) is 20.7. The monoisotopic (exact) mass is 541 g/mol. The first-order chi connectivity index (χ1) is 16.4. The molecule has 0 fully saturated rings. The van der Waals surface area contributed by atoms with Crippen LogP contribution in [-0.2, 0) is 26.2 Å². The van der Waals surface area contributed by atoms with Crippen molar-refractivity contribution in [2.45, 2.75) is 52.6 Å². The van der Waals surface area contributed by atoms with Crippen LogP contribution in [0.15, 0.2) is 42.5 Å². The summed E-state index contributed by atoms with van der Waals surface area (Å²) < 4.78 is 26.8. The quantitative estimate of drug-likeness (QED) is 0.441. The Labute approximate surface area is 218 Å². The third kappa shape index (κ3) is 7.35. The van der Waals surface area contributed by atoms with Crippen molar-refractivity contribution in [1.29, 1.82) is 0 Å². The van der Waals surface area contributed by atoms with E-state index in [1.807, 2.05) is 26.0 Å². The van der Waals surface area contributed by atoms with Crippen molar-refractivity contribution >= 4 is 50.7 Å². The molecule has 2 amide bonds. The Balaban J connectivity index is 2.56. The maximum absolute atomic E-state index is 13.7. The molecule has 0 bridgehead atoms. The highest BCUT2D eigenvalue weighted by Gasteiger charge is 2.33. The largest absolute Gasteiger partial charge is 0.355 e. The molecule has 0 saturated carbocycles. The summed E-state index contributed by atoms with van der Waals surface area (Å²) in [5, 5.41) is 3.46. The molecule has 0 saturated heterocycles. The van der Waals surface area contributed by atoms with Gasteiger partial charge < -0.3 is 10.2 Å². The summed E-state index contributed by atoms with van der Waals surface area (Å²) in [4.78, 5) is 28.0. The number of sulfonamides is 1. The Morgan fingerprint density at radius 1 is 1.00 bits per heavy atom. The summed E-state index contributed by atoms with van der Waals surface area (Å²) in [6.07, 6.45) is 1.38. The molecule has 0 aliphatic carbocycles. The number of carbonyl (C=O) groups excluding carboxylic acids is 2. The van der Waals surface area contributed by atoms with E-state index in [2.05, 4.69) is 5.32 Å². The van der Waals surface area contributed by atoms with Crippen LogP contribution < -0.4 is 9.62 Å². The van der Waals surface area contributed by atoms with Gasteiger partial charge in [0.15, 0.2) is 0 Å². The molecule has 1 N–H and O–H groups in total. The molecule has 0 aliphatic heterocycles. The van der Waals surface area contributed by atoms with Gasteiger partial charge in [-0.05, 0) is 43.0 Å². The summed E-state index contributed by atoms with van der Waals surface area (Å²) >= 11 is 12.7. The number of hydrogen-bond donors (Lipinski definition) is 1. The maximum Gasteiger partial charge on any atom is 0.244 e. The van der Waals surface area contributed by atoms with Crippen LogP contribution in [-0.4, -0.2) is 50.5 Å². The van der Waals surface area contributed by atoms with Gasteiger partial charge >= 0.3 is 0 Å². The highest BCUT2D eigenvalue weighted by Crippen LogP contribution is 2.30. The zero-order valence-corrected chi connectivity index (χ0v) is 23.0. The number of halogens is 2. The predicted molar refractivity (Wildman–Crippen MR) is 142 cm³/mol. The van der Waals surface area contributed by atoms with Gasteiger partial charge in [-0.25, -0.2) is 8.42 Å². The molecule has 10 heteroatoms. The summed E-state index contributed by atoms with van der Waals surface area (Å²) in [5.41, 5.74) is 1.71. The summed E-state index contributed by atoms with van der Waals surface area (Å²) in [6, 6.07) is 11.2. The number of nitrogens with zero attached hydrogens (tertiary/aromatic N) is 2. The Kier molecular flexibility index (Phi) is 10.4. The number of rotatable bonds is 11. The topological polar surface area (TPSA) is 86.8 Å². The molecule has 0 aliphatic rings. The van der Waals surface area contributed by atoms with E-state index in [9.17, 15) is 18.0 Å². The summed E-state index contributed by atoms with van der Waals surface area (Å²) in [7, 11) is -3.82. The van der Waals surface area contributed by atoms with Crippen molar-refractivity contribution in [3.8, 4) is 0 Å². The fourth-order valence-corrected chi connectivity index (χ4v) is 5.25. The molecule has 0 heterocycles. The zero-order chi connectivity index (χ0) is 26.3. The van der Waals surface area contributed by atoms with E-state index in [-0.39, 0.29) is 18.4 Å². The second-order valence-electron chi connectivity index (χ2n) is 8.52. The van der Waals surface area contributed by atoms with Crippen LogP contribution in [0.2, 0.25) is 10.0 Å². The molecule has 2 aromatic carbocycles. The third-order valence-corrected chi connectivity index (χ3v) is 7.47. The average molecular weight is 543 g/mol. The minimum Gasteiger partial charge on any atom is -0.355 e. The lowest BCUT2D eigenvalue weighted by Crippen LogP contribution is -2.52. The second kappa shape index (κ2) is 12.6. The maximum atomic E-state index is 13.7. The highest BCUT2D eigenvalue weighted by molar-refractivity contribution is 7.92.